The van der Waals surface area contributed by atoms with Gasteiger partial charge in [-0.3, -0.25) is 9.48 Å². The van der Waals surface area contributed by atoms with Crippen molar-refractivity contribution in [2.45, 2.75) is 70.8 Å². The van der Waals surface area contributed by atoms with Crippen LogP contribution in [0.2, 0.25) is 0 Å². The van der Waals surface area contributed by atoms with Gasteiger partial charge in [-0.1, -0.05) is 26.7 Å². The number of rotatable bonds is 9. The van der Waals surface area contributed by atoms with Crippen LogP contribution in [0.1, 0.15) is 92.5 Å². The number of unbranched alkanes of at least 4 members (excludes halogenated alkanes) is 1. The van der Waals surface area contributed by atoms with Crippen molar-refractivity contribution in [3.8, 4) is 0 Å². The van der Waals surface area contributed by atoms with Crippen molar-refractivity contribution >= 4 is 17.2 Å². The van der Waals surface area contributed by atoms with Gasteiger partial charge in [0.1, 0.15) is 5.56 Å². The van der Waals surface area contributed by atoms with Gasteiger partial charge in [-0.05, 0) is 44.8 Å². The summed E-state index contributed by atoms with van der Waals surface area (Å²) in [6, 6.07) is 1.78. The number of carbonyl (C=O) groups is 1. The lowest BCUT2D eigenvalue weighted by atomic mass is 9.93. The number of nitrogens with one attached hydrogen (secondary N) is 2. The Bertz CT molecular complexity index is 1090. The first-order chi connectivity index (χ1) is 16.0. The Hall–Kier alpha value is -2.88. The third kappa shape index (κ3) is 4.90. The molecule has 1 saturated heterocycles. The first-order valence-electron chi connectivity index (χ1n) is 11.8. The molecule has 4 rings (SSSR count). The summed E-state index contributed by atoms with van der Waals surface area (Å²) in [7, 11) is 0. The maximum atomic E-state index is 13.8. The Labute approximate surface area is 191 Å². The largest absolute Gasteiger partial charge is 0.319 e. The first kappa shape index (κ1) is 23.3. The van der Waals surface area contributed by atoms with Gasteiger partial charge in [-0.15, -0.1) is 0 Å². The van der Waals surface area contributed by atoms with E-state index in [-0.39, 0.29) is 17.6 Å². The second kappa shape index (κ2) is 10.4. The summed E-state index contributed by atoms with van der Waals surface area (Å²) in [5.41, 5.74) is 1.05. The molecule has 8 nitrogen and oxygen atoms in total. The summed E-state index contributed by atoms with van der Waals surface area (Å²) in [4.78, 5) is 17.8. The van der Waals surface area contributed by atoms with Crippen molar-refractivity contribution in [2.75, 3.05) is 18.4 Å². The van der Waals surface area contributed by atoms with Gasteiger partial charge < -0.3 is 10.6 Å². The molecule has 1 atom stereocenters. The zero-order chi connectivity index (χ0) is 23.4. The molecule has 1 aliphatic heterocycles. The fraction of sp³-hybridized carbons (Fsp3) is 0.565. The second-order valence-electron chi connectivity index (χ2n) is 8.54. The molecule has 1 aliphatic rings. The van der Waals surface area contributed by atoms with Crippen LogP contribution >= 0.6 is 0 Å². The number of carbonyl (C=O) groups excluding carboxylic acids is 1. The molecular formula is C23H31F2N7O. The normalized spacial score (nSPS) is 15.9. The minimum atomic E-state index is -2.79. The highest BCUT2D eigenvalue weighted by molar-refractivity contribution is 6.09. The van der Waals surface area contributed by atoms with E-state index in [1.54, 1.807) is 27.7 Å². The molecule has 0 aliphatic carbocycles. The quantitative estimate of drug-likeness (QED) is 0.483. The molecule has 2 N–H and O–H groups in total. The van der Waals surface area contributed by atoms with Crippen molar-refractivity contribution in [2.24, 2.45) is 0 Å². The third-order valence-electron chi connectivity index (χ3n) is 6.33. The highest BCUT2D eigenvalue weighted by atomic mass is 19.3. The average molecular weight is 460 g/mol. The Morgan fingerprint density at radius 3 is 2.73 bits per heavy atom. The summed E-state index contributed by atoms with van der Waals surface area (Å²) in [6.07, 6.45) is 7.45. The summed E-state index contributed by atoms with van der Waals surface area (Å²) in [6.45, 7) is 5.81. The number of piperidine rings is 1. The summed E-state index contributed by atoms with van der Waals surface area (Å²) >= 11 is 0. The molecule has 178 valence electrons. The SMILES string of the molecule is CCCCC(CC)c1nn2cccnc2c1C(=O)Nc1cn(C2CCNCC2)nc1C(F)F. The molecule has 0 radical (unpaired) electrons. The molecular weight excluding hydrogens is 428 g/mol. The van der Waals surface area contributed by atoms with Crippen molar-refractivity contribution in [3.05, 3.63) is 41.6 Å². The number of alkyl halides is 2. The fourth-order valence-corrected chi connectivity index (χ4v) is 4.50. The lowest BCUT2D eigenvalue weighted by molar-refractivity contribution is 0.102. The van der Waals surface area contributed by atoms with Crippen molar-refractivity contribution in [1.29, 1.82) is 0 Å². The van der Waals surface area contributed by atoms with E-state index >= 15 is 0 Å². The Morgan fingerprint density at radius 1 is 1.24 bits per heavy atom. The summed E-state index contributed by atoms with van der Waals surface area (Å²) < 4.78 is 30.7. The highest BCUT2D eigenvalue weighted by Gasteiger charge is 2.29. The Kier molecular flexibility index (Phi) is 7.32. The minimum Gasteiger partial charge on any atom is -0.319 e. The van der Waals surface area contributed by atoms with E-state index in [1.807, 2.05) is 0 Å². The third-order valence-corrected chi connectivity index (χ3v) is 6.33. The molecule has 1 amide bonds. The van der Waals surface area contributed by atoms with E-state index in [4.69, 9.17) is 0 Å². The van der Waals surface area contributed by atoms with E-state index in [0.29, 0.717) is 16.9 Å². The zero-order valence-electron chi connectivity index (χ0n) is 19.1. The zero-order valence-corrected chi connectivity index (χ0v) is 19.1. The second-order valence-corrected chi connectivity index (χ2v) is 8.54. The van der Waals surface area contributed by atoms with Crippen LogP contribution in [0, 0.1) is 0 Å². The van der Waals surface area contributed by atoms with Crippen LogP contribution in [-0.4, -0.2) is 43.4 Å². The van der Waals surface area contributed by atoms with Crippen LogP contribution in [0.3, 0.4) is 0 Å². The smallest absolute Gasteiger partial charge is 0.284 e. The van der Waals surface area contributed by atoms with Gasteiger partial charge in [-0.2, -0.15) is 10.2 Å². The average Bonchev–Trinajstić information content (AvgIpc) is 3.42. The minimum absolute atomic E-state index is 0.0297. The maximum Gasteiger partial charge on any atom is 0.284 e. The van der Waals surface area contributed by atoms with Crippen LogP contribution in [0.4, 0.5) is 14.5 Å². The maximum absolute atomic E-state index is 13.8. The monoisotopic (exact) mass is 459 g/mol. The topological polar surface area (TPSA) is 89.1 Å². The number of hydrogen-bond acceptors (Lipinski definition) is 5. The Morgan fingerprint density at radius 2 is 2.03 bits per heavy atom. The number of nitrogens with zero attached hydrogens (tertiary/aromatic N) is 5. The van der Waals surface area contributed by atoms with Gasteiger partial charge in [0.25, 0.3) is 12.3 Å². The summed E-state index contributed by atoms with van der Waals surface area (Å²) in [5, 5.41) is 14.8. The van der Waals surface area contributed by atoms with Gasteiger partial charge in [0.2, 0.25) is 0 Å². The summed E-state index contributed by atoms with van der Waals surface area (Å²) in [5.74, 6) is -0.403. The molecule has 0 saturated carbocycles. The van der Waals surface area contributed by atoms with Crippen molar-refractivity contribution in [1.82, 2.24) is 29.7 Å². The molecule has 1 fully saturated rings. The van der Waals surface area contributed by atoms with E-state index in [0.717, 1.165) is 51.6 Å². The van der Waals surface area contributed by atoms with Crippen LogP contribution in [0.25, 0.3) is 5.65 Å². The van der Waals surface area contributed by atoms with Gasteiger partial charge in [0, 0.05) is 24.5 Å². The number of fused-ring (bicyclic) bond motifs is 1. The number of anilines is 1. The molecule has 3 aromatic rings. The number of aromatic nitrogens is 5. The predicted molar refractivity (Wildman–Crippen MR) is 122 cm³/mol. The van der Waals surface area contributed by atoms with Gasteiger partial charge in [-0.25, -0.2) is 18.3 Å². The van der Waals surface area contributed by atoms with Crippen molar-refractivity contribution in [3.63, 3.8) is 0 Å². The molecule has 10 heteroatoms. The molecule has 33 heavy (non-hydrogen) atoms. The molecule has 0 spiro atoms. The van der Waals surface area contributed by atoms with Gasteiger partial charge >= 0.3 is 0 Å². The number of hydrogen-bond donors (Lipinski definition) is 2. The van der Waals surface area contributed by atoms with Gasteiger partial charge in [0.15, 0.2) is 11.3 Å². The van der Waals surface area contributed by atoms with Crippen LogP contribution in [0.5, 0.6) is 0 Å². The molecule has 0 aromatic carbocycles. The molecule has 3 aromatic heterocycles. The van der Waals surface area contributed by atoms with Crippen LogP contribution in [-0.2, 0) is 0 Å². The molecule has 1 unspecified atom stereocenters. The van der Waals surface area contributed by atoms with Crippen molar-refractivity contribution < 1.29 is 13.6 Å². The fourth-order valence-electron chi connectivity index (χ4n) is 4.50. The predicted octanol–water partition coefficient (Wildman–Crippen LogP) is 4.72. The standard InChI is InChI=1S/C23H31F2N7O/c1-3-5-7-15(4-2)19-18(22-27-10-6-13-31(22)29-19)23(33)28-17-14-32(30-20(17)21(24)25)16-8-11-26-12-9-16/h6,10,13-16,21,26H,3-5,7-9,11-12H2,1-2H3,(H,28,33). The molecule has 4 heterocycles. The lowest BCUT2D eigenvalue weighted by Crippen LogP contribution is -2.29. The van der Waals surface area contributed by atoms with E-state index < -0.39 is 18.0 Å². The van der Waals surface area contributed by atoms with E-state index in [2.05, 4.69) is 39.7 Å². The molecule has 0 bridgehead atoms. The van der Waals surface area contributed by atoms with Gasteiger partial charge in [0.05, 0.1) is 17.4 Å². The lowest BCUT2D eigenvalue weighted by Gasteiger charge is -2.22. The van der Waals surface area contributed by atoms with E-state index in [1.165, 1.54) is 6.20 Å². The number of halogens is 2. The number of amides is 1. The first-order valence-corrected chi connectivity index (χ1v) is 11.8. The van der Waals surface area contributed by atoms with E-state index in [9.17, 15) is 13.6 Å². The Balaban J connectivity index is 1.69. The van der Waals surface area contributed by atoms with Crippen LogP contribution < -0.4 is 10.6 Å². The van der Waals surface area contributed by atoms with Crippen LogP contribution in [0.15, 0.2) is 24.7 Å². The highest BCUT2D eigenvalue weighted by Crippen LogP contribution is 2.32.